The van der Waals surface area contributed by atoms with Gasteiger partial charge in [0.1, 0.15) is 5.82 Å². The Balaban J connectivity index is 1.83. The number of thioether (sulfide) groups is 1. The third-order valence-electron chi connectivity index (χ3n) is 5.22. The number of aliphatic hydroxyl groups excluding tert-OH is 1. The minimum atomic E-state index is -3.62. The number of aromatic nitrogens is 3. The molecule has 176 valence electrons. The van der Waals surface area contributed by atoms with Crippen LogP contribution in [0.3, 0.4) is 0 Å². The smallest absolute Gasteiger partial charge is 0.242 e. The van der Waals surface area contributed by atoms with Crippen LogP contribution in [0.4, 0.5) is 16.3 Å². The van der Waals surface area contributed by atoms with Gasteiger partial charge in [-0.3, -0.25) is 4.72 Å². The highest BCUT2D eigenvalue weighted by Crippen LogP contribution is 2.36. The van der Waals surface area contributed by atoms with Crippen molar-refractivity contribution >= 4 is 45.3 Å². The summed E-state index contributed by atoms with van der Waals surface area (Å²) in [7, 11) is -3.62. The van der Waals surface area contributed by atoms with E-state index in [4.69, 9.17) is 11.6 Å². The quantitative estimate of drug-likeness (QED) is 0.412. The summed E-state index contributed by atoms with van der Waals surface area (Å²) < 4.78 is 40.0. The molecule has 1 aliphatic rings. The Morgan fingerprint density at radius 3 is 2.56 bits per heavy atom. The van der Waals surface area contributed by atoms with Crippen LogP contribution in [0.1, 0.15) is 49.8 Å². The van der Waals surface area contributed by atoms with E-state index in [2.05, 4.69) is 25.0 Å². The molecule has 0 bridgehead atoms. The molecule has 1 aromatic carbocycles. The average molecular weight is 504 g/mol. The molecule has 0 amide bonds. The maximum Gasteiger partial charge on any atom is 0.242 e. The van der Waals surface area contributed by atoms with Gasteiger partial charge in [0, 0.05) is 15.8 Å². The van der Waals surface area contributed by atoms with Gasteiger partial charge in [-0.05, 0) is 31.4 Å². The highest BCUT2D eigenvalue weighted by atomic mass is 35.5. The third kappa shape index (κ3) is 7.43. The predicted molar refractivity (Wildman–Crippen MR) is 125 cm³/mol. The summed E-state index contributed by atoms with van der Waals surface area (Å²) in [6.45, 7) is 1.68. The van der Waals surface area contributed by atoms with Crippen LogP contribution in [-0.4, -0.2) is 47.4 Å². The maximum absolute atomic E-state index is 14.3. The second-order valence-electron chi connectivity index (χ2n) is 7.98. The van der Waals surface area contributed by atoms with Gasteiger partial charge in [-0.2, -0.15) is 15.0 Å². The first-order valence-electron chi connectivity index (χ1n) is 10.4. The average Bonchev–Trinajstić information content (AvgIpc) is 3.18. The van der Waals surface area contributed by atoms with Gasteiger partial charge in [0.15, 0.2) is 5.16 Å². The second-order valence-corrected chi connectivity index (χ2v) is 11.5. The van der Waals surface area contributed by atoms with Crippen molar-refractivity contribution in [3.8, 4) is 0 Å². The number of sulfonamides is 1. The molecular formula is C20H27ClFN5O3S2. The summed E-state index contributed by atoms with van der Waals surface area (Å²) in [5, 5.41) is 13.1. The van der Waals surface area contributed by atoms with Crippen LogP contribution in [0.5, 0.6) is 0 Å². The van der Waals surface area contributed by atoms with E-state index in [9.17, 15) is 17.9 Å². The number of anilines is 2. The van der Waals surface area contributed by atoms with E-state index in [0.29, 0.717) is 16.5 Å². The first-order valence-corrected chi connectivity index (χ1v) is 13.5. The van der Waals surface area contributed by atoms with Gasteiger partial charge in [-0.1, -0.05) is 55.1 Å². The summed E-state index contributed by atoms with van der Waals surface area (Å²) in [6.07, 6.45) is 6.40. The molecule has 1 fully saturated rings. The van der Waals surface area contributed by atoms with E-state index < -0.39 is 15.8 Å². The van der Waals surface area contributed by atoms with Gasteiger partial charge in [-0.15, -0.1) is 0 Å². The van der Waals surface area contributed by atoms with Crippen molar-refractivity contribution in [3.63, 3.8) is 0 Å². The van der Waals surface area contributed by atoms with Crippen molar-refractivity contribution < 1.29 is 17.9 Å². The molecule has 0 spiro atoms. The predicted octanol–water partition coefficient (Wildman–Crippen LogP) is 4.24. The molecule has 2 aromatic rings. The maximum atomic E-state index is 14.3. The Hall–Kier alpha value is -1.69. The molecule has 12 heteroatoms. The van der Waals surface area contributed by atoms with E-state index in [1.807, 2.05) is 0 Å². The number of hydrogen-bond acceptors (Lipinski definition) is 8. The Kier molecular flexibility index (Phi) is 8.54. The lowest BCUT2D eigenvalue weighted by molar-refractivity contribution is 0.254. The van der Waals surface area contributed by atoms with Crippen molar-refractivity contribution in [2.24, 2.45) is 5.92 Å². The summed E-state index contributed by atoms with van der Waals surface area (Å²) in [5.41, 5.74) is 0.418. The Morgan fingerprint density at radius 2 is 1.94 bits per heavy atom. The van der Waals surface area contributed by atoms with Crippen LogP contribution in [0, 0.1) is 11.7 Å². The third-order valence-corrected chi connectivity index (χ3v) is 7.01. The number of nitrogens with one attached hydrogen (secondary N) is 2. The number of nitrogens with zero attached hydrogens (tertiary/aromatic N) is 3. The molecule has 8 nitrogen and oxygen atoms in total. The van der Waals surface area contributed by atoms with Crippen LogP contribution in [0.2, 0.25) is 5.02 Å². The Morgan fingerprint density at radius 1 is 1.25 bits per heavy atom. The standard InChI is InChI=1S/C20H27ClFN5O3S2/c1-12(16-8-7-14(21)10-17(16)22)31-20-25-18(24-19(26-20)27-32(2,29)30)23-15(11-28)9-13-5-3-4-6-13/h7-8,10,12-13,15,28H,3-6,9,11H2,1-2H3,(H2,23,24,25,26,27)/t12?,15-/m1/s1. The van der Waals surface area contributed by atoms with Crippen LogP contribution >= 0.6 is 23.4 Å². The lowest BCUT2D eigenvalue weighted by Gasteiger charge is -2.20. The molecule has 32 heavy (non-hydrogen) atoms. The van der Waals surface area contributed by atoms with E-state index in [1.54, 1.807) is 19.1 Å². The van der Waals surface area contributed by atoms with E-state index in [-0.39, 0.29) is 35.0 Å². The van der Waals surface area contributed by atoms with Crippen molar-refractivity contribution in [2.75, 3.05) is 22.9 Å². The van der Waals surface area contributed by atoms with E-state index >= 15 is 0 Å². The topological polar surface area (TPSA) is 117 Å². The number of rotatable bonds is 10. The summed E-state index contributed by atoms with van der Waals surface area (Å²) in [5.74, 6) is 0.0801. The lowest BCUT2D eigenvalue weighted by Crippen LogP contribution is -2.28. The number of aliphatic hydroxyl groups is 1. The van der Waals surface area contributed by atoms with E-state index in [0.717, 1.165) is 37.3 Å². The Bertz CT molecular complexity index is 1040. The first-order chi connectivity index (χ1) is 15.1. The first kappa shape index (κ1) is 24.9. The molecular weight excluding hydrogens is 477 g/mol. The highest BCUT2D eigenvalue weighted by Gasteiger charge is 2.22. The van der Waals surface area contributed by atoms with Gasteiger partial charge in [0.05, 0.1) is 18.9 Å². The van der Waals surface area contributed by atoms with Crippen LogP contribution in [-0.2, 0) is 10.0 Å². The number of benzene rings is 1. The van der Waals surface area contributed by atoms with Crippen molar-refractivity contribution in [1.29, 1.82) is 0 Å². The second kappa shape index (κ2) is 11.0. The molecule has 1 saturated carbocycles. The minimum absolute atomic E-state index is 0.105. The van der Waals surface area contributed by atoms with Gasteiger partial charge < -0.3 is 10.4 Å². The van der Waals surface area contributed by atoms with Gasteiger partial charge in [-0.25, -0.2) is 12.8 Å². The van der Waals surface area contributed by atoms with Crippen LogP contribution < -0.4 is 10.0 Å². The fraction of sp³-hybridized carbons (Fsp3) is 0.550. The summed E-state index contributed by atoms with van der Waals surface area (Å²) in [6, 6.07) is 4.16. The summed E-state index contributed by atoms with van der Waals surface area (Å²) >= 11 is 6.99. The lowest BCUT2D eigenvalue weighted by atomic mass is 9.99. The zero-order chi connectivity index (χ0) is 23.3. The molecule has 0 aliphatic heterocycles. The SMILES string of the molecule is CC(Sc1nc(N[C@@H](CO)CC2CCCC2)nc(NS(C)(=O)=O)n1)c1ccc(Cl)cc1F. The van der Waals surface area contributed by atoms with E-state index in [1.165, 1.54) is 18.9 Å². The van der Waals surface area contributed by atoms with Gasteiger partial charge in [0.2, 0.25) is 21.9 Å². The summed E-state index contributed by atoms with van der Waals surface area (Å²) in [4.78, 5) is 12.7. The minimum Gasteiger partial charge on any atom is -0.394 e. The van der Waals surface area contributed by atoms with Crippen molar-refractivity contribution in [2.45, 2.75) is 55.5 Å². The molecule has 3 N–H and O–H groups in total. The Labute approximate surface area is 196 Å². The highest BCUT2D eigenvalue weighted by molar-refractivity contribution is 7.99. The number of halogens is 2. The van der Waals surface area contributed by atoms with Crippen molar-refractivity contribution in [1.82, 2.24) is 15.0 Å². The van der Waals surface area contributed by atoms with Gasteiger partial charge in [0.25, 0.3) is 0 Å². The molecule has 2 atom stereocenters. The molecule has 1 heterocycles. The fourth-order valence-corrected chi connectivity index (χ4v) is 5.24. The largest absolute Gasteiger partial charge is 0.394 e. The molecule has 0 saturated heterocycles. The molecule has 0 radical (unpaired) electrons. The fourth-order valence-electron chi connectivity index (χ4n) is 3.75. The molecule has 1 aromatic heterocycles. The monoisotopic (exact) mass is 503 g/mol. The number of hydrogen-bond donors (Lipinski definition) is 3. The van der Waals surface area contributed by atoms with Crippen LogP contribution in [0.15, 0.2) is 23.4 Å². The van der Waals surface area contributed by atoms with Gasteiger partial charge >= 0.3 is 0 Å². The molecule has 3 rings (SSSR count). The van der Waals surface area contributed by atoms with Crippen LogP contribution in [0.25, 0.3) is 0 Å². The van der Waals surface area contributed by atoms with Crippen molar-refractivity contribution in [3.05, 3.63) is 34.6 Å². The zero-order valence-corrected chi connectivity index (χ0v) is 20.3. The zero-order valence-electron chi connectivity index (χ0n) is 17.9. The molecule has 1 unspecified atom stereocenters. The molecule has 1 aliphatic carbocycles. The normalized spacial score (nSPS) is 16.7.